The van der Waals surface area contributed by atoms with Crippen molar-refractivity contribution in [1.29, 1.82) is 0 Å². The van der Waals surface area contributed by atoms with Crippen LogP contribution in [-0.2, 0) is 17.1 Å². The first-order chi connectivity index (χ1) is 9.23. The molecule has 1 N–H and O–H groups in total. The summed E-state index contributed by atoms with van der Waals surface area (Å²) < 4.78 is 27.9. The van der Waals surface area contributed by atoms with Crippen molar-refractivity contribution < 1.29 is 18.3 Å². The Balaban J connectivity index is 2.35. The molecule has 1 fully saturated rings. The first-order valence-electron chi connectivity index (χ1n) is 6.33. The van der Waals surface area contributed by atoms with Gasteiger partial charge >= 0.3 is 5.97 Å². The molecule has 0 bridgehead atoms. The highest BCUT2D eigenvalue weighted by Crippen LogP contribution is 2.22. The van der Waals surface area contributed by atoms with Crippen LogP contribution in [0.1, 0.15) is 17.4 Å². The number of aromatic carboxylic acids is 1. The van der Waals surface area contributed by atoms with E-state index in [0.717, 1.165) is 0 Å². The molecular weight excluding hydrogens is 282 g/mol. The van der Waals surface area contributed by atoms with Crippen LogP contribution in [0.25, 0.3) is 0 Å². The molecule has 0 saturated carbocycles. The van der Waals surface area contributed by atoms with Crippen molar-refractivity contribution in [2.24, 2.45) is 7.05 Å². The molecule has 20 heavy (non-hydrogen) atoms. The number of sulfonamides is 1. The Kier molecular flexibility index (Phi) is 3.90. The van der Waals surface area contributed by atoms with E-state index in [-0.39, 0.29) is 16.6 Å². The highest BCUT2D eigenvalue weighted by Gasteiger charge is 2.33. The van der Waals surface area contributed by atoms with E-state index in [9.17, 15) is 13.2 Å². The van der Waals surface area contributed by atoms with E-state index in [1.54, 1.807) is 0 Å². The van der Waals surface area contributed by atoms with Crippen molar-refractivity contribution >= 4 is 16.0 Å². The van der Waals surface area contributed by atoms with Crippen LogP contribution in [0, 0.1) is 0 Å². The second-order valence-electron chi connectivity index (χ2n) is 5.20. The van der Waals surface area contributed by atoms with Crippen molar-refractivity contribution in [2.45, 2.75) is 17.9 Å². The van der Waals surface area contributed by atoms with Gasteiger partial charge in [0.25, 0.3) is 0 Å². The third kappa shape index (κ3) is 2.58. The topological polar surface area (TPSA) is 82.8 Å². The largest absolute Gasteiger partial charge is 0.477 e. The molecular formula is C12H19N3O4S. The third-order valence-corrected chi connectivity index (χ3v) is 5.55. The van der Waals surface area contributed by atoms with Gasteiger partial charge in [0.2, 0.25) is 10.0 Å². The molecule has 1 aliphatic heterocycles. The number of rotatable bonds is 3. The number of carbonyl (C=O) groups is 1. The maximum Gasteiger partial charge on any atom is 0.352 e. The molecule has 7 nitrogen and oxygen atoms in total. The molecule has 8 heteroatoms. The van der Waals surface area contributed by atoms with Gasteiger partial charge in [-0.3, -0.25) is 0 Å². The summed E-state index contributed by atoms with van der Waals surface area (Å²) in [7, 11) is -0.174. The van der Waals surface area contributed by atoms with Gasteiger partial charge in [0.15, 0.2) is 0 Å². The molecule has 1 aromatic rings. The molecule has 0 radical (unpaired) electrons. The van der Waals surface area contributed by atoms with E-state index >= 15 is 0 Å². The zero-order chi connectivity index (χ0) is 15.1. The van der Waals surface area contributed by atoms with Gasteiger partial charge in [0, 0.05) is 38.9 Å². The second-order valence-corrected chi connectivity index (χ2v) is 7.09. The van der Waals surface area contributed by atoms with Crippen LogP contribution in [0.4, 0.5) is 0 Å². The summed E-state index contributed by atoms with van der Waals surface area (Å²) in [5, 5.41) is 9.01. The highest BCUT2D eigenvalue weighted by atomic mass is 32.2. The molecule has 1 aliphatic rings. The van der Waals surface area contributed by atoms with Gasteiger partial charge in [0.05, 0.1) is 0 Å². The molecule has 2 heterocycles. The lowest BCUT2D eigenvalue weighted by Crippen LogP contribution is -2.52. The Morgan fingerprint density at radius 3 is 2.50 bits per heavy atom. The quantitative estimate of drug-likeness (QED) is 0.853. The van der Waals surface area contributed by atoms with Crippen LogP contribution in [0.3, 0.4) is 0 Å². The lowest BCUT2D eigenvalue weighted by Gasteiger charge is -2.36. The summed E-state index contributed by atoms with van der Waals surface area (Å²) in [6.07, 6.45) is 1.35. The van der Waals surface area contributed by atoms with Gasteiger partial charge in [-0.2, -0.15) is 4.31 Å². The third-order valence-electron chi connectivity index (χ3n) is 3.58. The Labute approximate surface area is 118 Å². The first-order valence-corrected chi connectivity index (χ1v) is 7.77. The number of nitrogens with zero attached hydrogens (tertiary/aromatic N) is 3. The Bertz CT molecular complexity index is 623. The van der Waals surface area contributed by atoms with Crippen LogP contribution in [0.2, 0.25) is 0 Å². The Hall–Kier alpha value is -1.38. The summed E-state index contributed by atoms with van der Waals surface area (Å²) in [5.41, 5.74) is -0.0367. The number of likely N-dealkylation sites (N-methyl/N-ethyl adjacent to an activating group) is 1. The monoisotopic (exact) mass is 301 g/mol. The number of carboxylic acids is 1. The molecule has 1 unspecified atom stereocenters. The minimum Gasteiger partial charge on any atom is -0.477 e. The summed E-state index contributed by atoms with van der Waals surface area (Å²) in [4.78, 5) is 13.1. The smallest absolute Gasteiger partial charge is 0.352 e. The number of carboxylic acid groups (broad SMARTS) is 1. The van der Waals surface area contributed by atoms with Crippen molar-refractivity contribution in [2.75, 3.05) is 26.7 Å². The molecule has 1 atom stereocenters. The molecule has 2 rings (SSSR count). The first kappa shape index (κ1) is 15.0. The van der Waals surface area contributed by atoms with E-state index in [2.05, 4.69) is 4.90 Å². The fraction of sp³-hybridized carbons (Fsp3) is 0.583. The van der Waals surface area contributed by atoms with Crippen molar-refractivity contribution in [3.8, 4) is 0 Å². The van der Waals surface area contributed by atoms with Gasteiger partial charge in [-0.1, -0.05) is 0 Å². The zero-order valence-corrected chi connectivity index (χ0v) is 12.6. The SMILES string of the molecule is CC1CN(C)CCN1S(=O)(=O)c1cc(C(=O)O)n(C)c1. The summed E-state index contributed by atoms with van der Waals surface area (Å²) in [6, 6.07) is 1.08. The lowest BCUT2D eigenvalue weighted by atomic mass is 10.2. The van der Waals surface area contributed by atoms with E-state index in [1.807, 2.05) is 14.0 Å². The maximum atomic E-state index is 12.6. The fourth-order valence-corrected chi connectivity index (χ4v) is 4.19. The normalized spacial score (nSPS) is 22.1. The standard InChI is InChI=1S/C12H19N3O4S/c1-9-7-13(2)4-5-15(9)20(18,19)10-6-11(12(16)17)14(3)8-10/h6,8-9H,4-5,7H2,1-3H3,(H,16,17). The van der Waals surface area contributed by atoms with Gasteiger partial charge in [-0.05, 0) is 20.0 Å². The van der Waals surface area contributed by atoms with Crippen LogP contribution >= 0.6 is 0 Å². The van der Waals surface area contributed by atoms with Gasteiger partial charge in [0.1, 0.15) is 10.6 Å². The molecule has 1 saturated heterocycles. The second kappa shape index (κ2) is 5.19. The van der Waals surface area contributed by atoms with Crippen molar-refractivity contribution in [3.63, 3.8) is 0 Å². The Morgan fingerprint density at radius 2 is 2.00 bits per heavy atom. The Morgan fingerprint density at radius 1 is 1.35 bits per heavy atom. The molecule has 0 aromatic carbocycles. The van der Waals surface area contributed by atoms with Gasteiger partial charge in [-0.15, -0.1) is 0 Å². The number of aryl methyl sites for hydroxylation is 1. The minimum absolute atomic E-state index is 0.0359. The predicted octanol–water partition coefficient (Wildman–Crippen LogP) is 0.0479. The van der Waals surface area contributed by atoms with Crippen molar-refractivity contribution in [3.05, 3.63) is 18.0 Å². The zero-order valence-electron chi connectivity index (χ0n) is 11.8. The molecule has 0 aliphatic carbocycles. The van der Waals surface area contributed by atoms with Gasteiger partial charge in [-0.25, -0.2) is 13.2 Å². The van der Waals surface area contributed by atoms with Crippen LogP contribution < -0.4 is 0 Å². The van der Waals surface area contributed by atoms with E-state index < -0.39 is 16.0 Å². The van der Waals surface area contributed by atoms with E-state index in [4.69, 9.17) is 5.11 Å². The molecule has 0 spiro atoms. The number of hydrogen-bond acceptors (Lipinski definition) is 4. The van der Waals surface area contributed by atoms with Gasteiger partial charge < -0.3 is 14.6 Å². The van der Waals surface area contributed by atoms with E-state index in [1.165, 1.54) is 28.2 Å². The number of hydrogen-bond donors (Lipinski definition) is 1. The predicted molar refractivity (Wildman–Crippen MR) is 73.2 cm³/mol. The van der Waals surface area contributed by atoms with Crippen LogP contribution in [-0.4, -0.2) is 66.0 Å². The molecule has 1 aromatic heterocycles. The average molecular weight is 301 g/mol. The van der Waals surface area contributed by atoms with Crippen molar-refractivity contribution in [1.82, 2.24) is 13.8 Å². The number of aromatic nitrogens is 1. The van der Waals surface area contributed by atoms with Crippen LogP contribution in [0.5, 0.6) is 0 Å². The fourth-order valence-electron chi connectivity index (χ4n) is 2.50. The molecule has 0 amide bonds. The maximum absolute atomic E-state index is 12.6. The lowest BCUT2D eigenvalue weighted by molar-refractivity contribution is 0.0686. The number of piperazine rings is 1. The highest BCUT2D eigenvalue weighted by molar-refractivity contribution is 7.89. The van der Waals surface area contributed by atoms with Crippen LogP contribution in [0.15, 0.2) is 17.2 Å². The summed E-state index contributed by atoms with van der Waals surface area (Å²) in [6.45, 7) is 3.60. The summed E-state index contributed by atoms with van der Waals surface area (Å²) >= 11 is 0. The summed E-state index contributed by atoms with van der Waals surface area (Å²) in [5.74, 6) is -1.14. The minimum atomic E-state index is -3.65. The average Bonchev–Trinajstić information content (AvgIpc) is 2.71. The molecule has 112 valence electrons. The van der Waals surface area contributed by atoms with E-state index in [0.29, 0.717) is 19.6 Å².